The maximum Gasteiger partial charge on any atom is 0.230 e. The van der Waals surface area contributed by atoms with Gasteiger partial charge in [0.2, 0.25) is 5.91 Å². The van der Waals surface area contributed by atoms with Gasteiger partial charge in [-0.15, -0.1) is 11.8 Å². The second-order valence-corrected chi connectivity index (χ2v) is 5.47. The van der Waals surface area contributed by atoms with Crippen LogP contribution in [0.25, 0.3) is 0 Å². The van der Waals surface area contributed by atoms with Gasteiger partial charge in [0.25, 0.3) is 0 Å². The lowest BCUT2D eigenvalue weighted by Crippen LogP contribution is -2.27. The first-order valence-corrected chi connectivity index (χ1v) is 7.43. The van der Waals surface area contributed by atoms with Crippen molar-refractivity contribution in [1.29, 1.82) is 0 Å². The summed E-state index contributed by atoms with van der Waals surface area (Å²) in [5.74, 6) is 0.414. The van der Waals surface area contributed by atoms with Crippen LogP contribution in [0, 0.1) is 0 Å². The molecular formula is C14H22N2O2S. The minimum atomic E-state index is 0.0257. The summed E-state index contributed by atoms with van der Waals surface area (Å²) in [6.07, 6.45) is 1.08. The molecule has 1 aromatic carbocycles. The van der Waals surface area contributed by atoms with Gasteiger partial charge in [0.05, 0.1) is 11.9 Å². The van der Waals surface area contributed by atoms with E-state index in [2.05, 4.69) is 5.32 Å². The summed E-state index contributed by atoms with van der Waals surface area (Å²) < 4.78 is 5.40. The minimum absolute atomic E-state index is 0.0257. The molecule has 1 aromatic rings. The summed E-state index contributed by atoms with van der Waals surface area (Å²) in [7, 11) is 0. The van der Waals surface area contributed by atoms with Crippen molar-refractivity contribution in [1.82, 2.24) is 5.32 Å². The molecule has 0 saturated carbocycles. The SMILES string of the molecule is CC(C)OCCCNC(=O)CSc1ccccc1N. The van der Waals surface area contributed by atoms with E-state index in [0.717, 1.165) is 11.3 Å². The van der Waals surface area contributed by atoms with E-state index in [1.807, 2.05) is 38.1 Å². The zero-order valence-electron chi connectivity index (χ0n) is 11.5. The van der Waals surface area contributed by atoms with Crippen molar-refractivity contribution in [2.75, 3.05) is 24.6 Å². The molecule has 0 heterocycles. The normalized spacial score (nSPS) is 10.7. The average Bonchev–Trinajstić information content (AvgIpc) is 2.37. The number of rotatable bonds is 8. The molecule has 0 unspecified atom stereocenters. The summed E-state index contributed by atoms with van der Waals surface area (Å²) in [6, 6.07) is 7.56. The van der Waals surface area contributed by atoms with Gasteiger partial charge in [-0.2, -0.15) is 0 Å². The number of thioether (sulfide) groups is 1. The zero-order chi connectivity index (χ0) is 14.1. The van der Waals surface area contributed by atoms with Gasteiger partial charge in [-0.25, -0.2) is 0 Å². The van der Waals surface area contributed by atoms with Gasteiger partial charge in [0.15, 0.2) is 0 Å². The molecule has 4 nitrogen and oxygen atoms in total. The number of benzene rings is 1. The predicted octanol–water partition coefficient (Wildman–Crippen LogP) is 2.29. The first kappa shape index (κ1) is 15.9. The fraction of sp³-hybridized carbons (Fsp3) is 0.500. The Kier molecular flexibility index (Phi) is 7.36. The quantitative estimate of drug-likeness (QED) is 0.436. The van der Waals surface area contributed by atoms with Crippen molar-refractivity contribution in [3.8, 4) is 0 Å². The van der Waals surface area contributed by atoms with E-state index in [1.165, 1.54) is 11.8 Å². The second-order valence-electron chi connectivity index (χ2n) is 4.45. The fourth-order valence-electron chi connectivity index (χ4n) is 1.43. The van der Waals surface area contributed by atoms with Crippen LogP contribution < -0.4 is 11.1 Å². The Balaban J connectivity index is 2.13. The highest BCUT2D eigenvalue weighted by atomic mass is 32.2. The number of nitrogens with one attached hydrogen (secondary N) is 1. The zero-order valence-corrected chi connectivity index (χ0v) is 12.3. The molecule has 0 saturated heterocycles. The molecule has 106 valence electrons. The topological polar surface area (TPSA) is 64.3 Å². The van der Waals surface area contributed by atoms with Crippen LogP contribution in [0.3, 0.4) is 0 Å². The number of anilines is 1. The summed E-state index contributed by atoms with van der Waals surface area (Å²) in [5, 5.41) is 2.87. The number of nitrogens with two attached hydrogens (primary N) is 1. The van der Waals surface area contributed by atoms with E-state index in [-0.39, 0.29) is 12.0 Å². The number of carbonyl (C=O) groups excluding carboxylic acids is 1. The number of hydrogen-bond acceptors (Lipinski definition) is 4. The standard InChI is InChI=1S/C14H22N2O2S/c1-11(2)18-9-5-8-16-14(17)10-19-13-7-4-3-6-12(13)15/h3-4,6-7,11H,5,8-10,15H2,1-2H3,(H,16,17). The van der Waals surface area contributed by atoms with Crippen molar-refractivity contribution in [2.24, 2.45) is 0 Å². The highest BCUT2D eigenvalue weighted by Crippen LogP contribution is 2.23. The van der Waals surface area contributed by atoms with Crippen molar-refractivity contribution < 1.29 is 9.53 Å². The highest BCUT2D eigenvalue weighted by molar-refractivity contribution is 8.00. The Labute approximate surface area is 119 Å². The van der Waals surface area contributed by atoms with Gasteiger partial charge in [-0.05, 0) is 32.4 Å². The third-order valence-corrected chi connectivity index (χ3v) is 3.46. The highest BCUT2D eigenvalue weighted by Gasteiger charge is 2.04. The average molecular weight is 282 g/mol. The lowest BCUT2D eigenvalue weighted by atomic mass is 10.3. The number of hydrogen-bond donors (Lipinski definition) is 2. The van der Waals surface area contributed by atoms with Gasteiger partial charge >= 0.3 is 0 Å². The van der Waals surface area contributed by atoms with Crippen molar-refractivity contribution in [3.63, 3.8) is 0 Å². The Bertz CT molecular complexity index is 397. The molecule has 3 N–H and O–H groups in total. The first-order chi connectivity index (χ1) is 9.09. The molecule has 19 heavy (non-hydrogen) atoms. The molecule has 1 amide bonds. The molecular weight excluding hydrogens is 260 g/mol. The van der Waals surface area contributed by atoms with E-state index in [9.17, 15) is 4.79 Å². The van der Waals surface area contributed by atoms with Crippen LogP contribution in [-0.4, -0.2) is 30.9 Å². The Morgan fingerprint density at radius 1 is 1.42 bits per heavy atom. The van der Waals surface area contributed by atoms with E-state index < -0.39 is 0 Å². The summed E-state index contributed by atoms with van der Waals surface area (Å²) in [5.41, 5.74) is 6.52. The maximum absolute atomic E-state index is 11.6. The minimum Gasteiger partial charge on any atom is -0.398 e. The van der Waals surface area contributed by atoms with E-state index in [4.69, 9.17) is 10.5 Å². The molecule has 1 rings (SSSR count). The van der Waals surface area contributed by atoms with E-state index in [1.54, 1.807) is 0 Å². The Morgan fingerprint density at radius 2 is 2.16 bits per heavy atom. The summed E-state index contributed by atoms with van der Waals surface area (Å²) >= 11 is 1.46. The smallest absolute Gasteiger partial charge is 0.230 e. The van der Waals surface area contributed by atoms with Crippen molar-refractivity contribution in [2.45, 2.75) is 31.3 Å². The molecule has 0 aliphatic carbocycles. The summed E-state index contributed by atoms with van der Waals surface area (Å²) in [6.45, 7) is 5.33. The van der Waals surface area contributed by atoms with Crippen LogP contribution in [0.1, 0.15) is 20.3 Å². The molecule has 5 heteroatoms. The lowest BCUT2D eigenvalue weighted by Gasteiger charge is -2.08. The predicted molar refractivity (Wildman–Crippen MR) is 80.3 cm³/mol. The van der Waals surface area contributed by atoms with Gasteiger partial charge in [0, 0.05) is 23.7 Å². The number of nitrogen functional groups attached to an aromatic ring is 1. The van der Waals surface area contributed by atoms with Crippen molar-refractivity contribution in [3.05, 3.63) is 24.3 Å². The van der Waals surface area contributed by atoms with E-state index >= 15 is 0 Å². The second kappa shape index (κ2) is 8.82. The van der Waals surface area contributed by atoms with Crippen LogP contribution in [0.2, 0.25) is 0 Å². The molecule has 0 bridgehead atoms. The molecule has 0 aliphatic rings. The molecule has 0 spiro atoms. The third kappa shape index (κ3) is 7.08. The van der Waals surface area contributed by atoms with Gasteiger partial charge in [0.1, 0.15) is 0 Å². The molecule has 0 fully saturated rings. The number of carbonyl (C=O) groups is 1. The number of ether oxygens (including phenoxy) is 1. The van der Waals surface area contributed by atoms with Gasteiger partial charge < -0.3 is 15.8 Å². The molecule has 0 aromatic heterocycles. The first-order valence-electron chi connectivity index (χ1n) is 6.45. The van der Waals surface area contributed by atoms with Gasteiger partial charge in [-0.3, -0.25) is 4.79 Å². The van der Waals surface area contributed by atoms with Gasteiger partial charge in [-0.1, -0.05) is 12.1 Å². The third-order valence-electron chi connectivity index (χ3n) is 2.37. The van der Waals surface area contributed by atoms with Crippen LogP contribution in [0.15, 0.2) is 29.2 Å². The van der Waals surface area contributed by atoms with E-state index in [0.29, 0.717) is 24.6 Å². The number of amides is 1. The largest absolute Gasteiger partial charge is 0.398 e. The summed E-state index contributed by atoms with van der Waals surface area (Å²) in [4.78, 5) is 12.6. The molecule has 0 radical (unpaired) electrons. The van der Waals surface area contributed by atoms with Crippen LogP contribution in [0.4, 0.5) is 5.69 Å². The molecule has 0 atom stereocenters. The van der Waals surface area contributed by atoms with Crippen LogP contribution >= 0.6 is 11.8 Å². The number of para-hydroxylation sites is 1. The lowest BCUT2D eigenvalue weighted by molar-refractivity contribution is -0.118. The Hall–Kier alpha value is -1.20. The maximum atomic E-state index is 11.6. The molecule has 0 aliphatic heterocycles. The van der Waals surface area contributed by atoms with Crippen LogP contribution in [0.5, 0.6) is 0 Å². The monoisotopic (exact) mass is 282 g/mol. The Morgan fingerprint density at radius 3 is 2.84 bits per heavy atom. The van der Waals surface area contributed by atoms with Crippen molar-refractivity contribution >= 4 is 23.4 Å². The van der Waals surface area contributed by atoms with Crippen LogP contribution in [-0.2, 0) is 9.53 Å². The fourth-order valence-corrected chi connectivity index (χ4v) is 2.22.